The van der Waals surface area contributed by atoms with E-state index in [1.165, 1.54) is 6.33 Å². The highest BCUT2D eigenvalue weighted by atomic mass is 79.9. The molecular formula is C11H9BrClN3. The normalized spacial score (nSPS) is 10.1. The zero-order valence-corrected chi connectivity index (χ0v) is 10.7. The maximum atomic E-state index is 5.86. The smallest absolute Gasteiger partial charge is 0.115 e. The molecule has 0 radical (unpaired) electrons. The lowest BCUT2D eigenvalue weighted by Crippen LogP contribution is -2.00. The highest BCUT2D eigenvalue weighted by Gasteiger charge is 2.00. The van der Waals surface area contributed by atoms with E-state index in [9.17, 15) is 0 Å². The molecule has 0 saturated carbocycles. The monoisotopic (exact) mass is 297 g/mol. The maximum Gasteiger partial charge on any atom is 0.115 e. The number of nitrogens with one attached hydrogen (secondary N) is 1. The number of anilines is 1. The molecule has 0 fully saturated rings. The third-order valence-electron chi connectivity index (χ3n) is 2.03. The van der Waals surface area contributed by atoms with E-state index < -0.39 is 0 Å². The van der Waals surface area contributed by atoms with Crippen molar-refractivity contribution in [1.82, 2.24) is 9.97 Å². The van der Waals surface area contributed by atoms with Gasteiger partial charge in [0.15, 0.2) is 0 Å². The first-order valence-corrected chi connectivity index (χ1v) is 5.85. The molecule has 0 spiro atoms. The van der Waals surface area contributed by atoms with Crippen molar-refractivity contribution >= 4 is 33.2 Å². The highest BCUT2D eigenvalue weighted by Crippen LogP contribution is 2.26. The third-order valence-corrected chi connectivity index (χ3v) is 2.92. The summed E-state index contributed by atoms with van der Waals surface area (Å²) < 4.78 is 0.942. The first-order chi connectivity index (χ1) is 7.75. The van der Waals surface area contributed by atoms with Crippen molar-refractivity contribution in [2.45, 2.75) is 6.54 Å². The average molecular weight is 299 g/mol. The molecule has 0 bridgehead atoms. The van der Waals surface area contributed by atoms with Crippen LogP contribution < -0.4 is 5.32 Å². The van der Waals surface area contributed by atoms with Gasteiger partial charge in [0.1, 0.15) is 6.33 Å². The van der Waals surface area contributed by atoms with Gasteiger partial charge in [0.25, 0.3) is 0 Å². The standard InChI is InChI=1S/C11H9BrClN3/c12-10-3-9(13)1-2-11(10)16-6-8-4-14-7-15-5-8/h1-5,7,16H,6H2. The summed E-state index contributed by atoms with van der Waals surface area (Å²) in [6.07, 6.45) is 5.08. The zero-order valence-electron chi connectivity index (χ0n) is 8.32. The van der Waals surface area contributed by atoms with Crippen LogP contribution in [0.4, 0.5) is 5.69 Å². The molecule has 82 valence electrons. The van der Waals surface area contributed by atoms with Gasteiger partial charge in [-0.3, -0.25) is 0 Å². The topological polar surface area (TPSA) is 37.8 Å². The Labute approximate surface area is 107 Å². The molecule has 1 aromatic heterocycles. The van der Waals surface area contributed by atoms with E-state index in [0.29, 0.717) is 11.6 Å². The minimum atomic E-state index is 0.682. The fraction of sp³-hybridized carbons (Fsp3) is 0.0909. The summed E-state index contributed by atoms with van der Waals surface area (Å²) in [6, 6.07) is 5.62. The van der Waals surface area contributed by atoms with E-state index in [1.54, 1.807) is 12.4 Å². The fourth-order valence-corrected chi connectivity index (χ4v) is 2.07. The van der Waals surface area contributed by atoms with Crippen LogP contribution in [0, 0.1) is 0 Å². The van der Waals surface area contributed by atoms with Crippen LogP contribution in [0.25, 0.3) is 0 Å². The number of hydrogen-bond acceptors (Lipinski definition) is 3. The lowest BCUT2D eigenvalue weighted by Gasteiger charge is -2.08. The van der Waals surface area contributed by atoms with Crippen LogP contribution in [-0.2, 0) is 6.54 Å². The van der Waals surface area contributed by atoms with Crippen LogP contribution in [0.5, 0.6) is 0 Å². The van der Waals surface area contributed by atoms with Gasteiger partial charge >= 0.3 is 0 Å². The molecule has 0 saturated heterocycles. The van der Waals surface area contributed by atoms with Crippen LogP contribution in [0.15, 0.2) is 41.4 Å². The van der Waals surface area contributed by atoms with Crippen molar-refractivity contribution in [1.29, 1.82) is 0 Å². The van der Waals surface area contributed by atoms with Gasteiger partial charge in [-0.1, -0.05) is 11.6 Å². The predicted molar refractivity (Wildman–Crippen MR) is 68.5 cm³/mol. The van der Waals surface area contributed by atoms with Crippen molar-refractivity contribution in [3.05, 3.63) is 52.0 Å². The van der Waals surface area contributed by atoms with E-state index in [1.807, 2.05) is 18.2 Å². The quantitative estimate of drug-likeness (QED) is 0.942. The van der Waals surface area contributed by atoms with Gasteiger partial charge in [0.05, 0.1) is 0 Å². The Bertz CT molecular complexity index is 476. The zero-order chi connectivity index (χ0) is 11.4. The molecule has 1 N–H and O–H groups in total. The lowest BCUT2D eigenvalue weighted by atomic mass is 10.3. The molecule has 5 heteroatoms. The SMILES string of the molecule is Clc1ccc(NCc2cncnc2)c(Br)c1. The fourth-order valence-electron chi connectivity index (χ4n) is 1.25. The van der Waals surface area contributed by atoms with Gasteiger partial charge < -0.3 is 5.32 Å². The molecule has 2 aromatic rings. The number of benzene rings is 1. The number of halogens is 2. The Balaban J connectivity index is 2.05. The van der Waals surface area contributed by atoms with Crippen LogP contribution >= 0.6 is 27.5 Å². The average Bonchev–Trinajstić information content (AvgIpc) is 2.29. The van der Waals surface area contributed by atoms with Crippen molar-refractivity contribution < 1.29 is 0 Å². The molecule has 0 aliphatic heterocycles. The Kier molecular flexibility index (Phi) is 3.74. The minimum absolute atomic E-state index is 0.682. The van der Waals surface area contributed by atoms with E-state index in [-0.39, 0.29) is 0 Å². The summed E-state index contributed by atoms with van der Waals surface area (Å²) in [5, 5.41) is 3.98. The van der Waals surface area contributed by atoms with Crippen molar-refractivity contribution in [3.8, 4) is 0 Å². The summed E-state index contributed by atoms with van der Waals surface area (Å²) in [6.45, 7) is 0.682. The third kappa shape index (κ3) is 2.93. The van der Waals surface area contributed by atoms with Crippen LogP contribution in [0.3, 0.4) is 0 Å². The summed E-state index contributed by atoms with van der Waals surface area (Å²) in [5.74, 6) is 0. The Morgan fingerprint density at radius 3 is 2.69 bits per heavy atom. The second kappa shape index (κ2) is 5.27. The largest absolute Gasteiger partial charge is 0.380 e. The molecule has 0 unspecified atom stereocenters. The predicted octanol–water partition coefficient (Wildman–Crippen LogP) is 3.50. The van der Waals surface area contributed by atoms with E-state index in [2.05, 4.69) is 31.2 Å². The van der Waals surface area contributed by atoms with Crippen LogP contribution in [0.1, 0.15) is 5.56 Å². The molecule has 0 aliphatic rings. The van der Waals surface area contributed by atoms with Gasteiger partial charge in [0, 0.05) is 39.7 Å². The van der Waals surface area contributed by atoms with E-state index >= 15 is 0 Å². The first kappa shape index (κ1) is 11.4. The first-order valence-electron chi connectivity index (χ1n) is 4.68. The van der Waals surface area contributed by atoms with Gasteiger partial charge in [-0.15, -0.1) is 0 Å². The Morgan fingerprint density at radius 2 is 2.00 bits per heavy atom. The van der Waals surface area contributed by atoms with Crippen molar-refractivity contribution in [2.24, 2.45) is 0 Å². The van der Waals surface area contributed by atoms with Crippen molar-refractivity contribution in [3.63, 3.8) is 0 Å². The van der Waals surface area contributed by atoms with Gasteiger partial charge in [-0.2, -0.15) is 0 Å². The summed E-state index contributed by atoms with van der Waals surface area (Å²) in [7, 11) is 0. The number of rotatable bonds is 3. The van der Waals surface area contributed by atoms with Crippen LogP contribution in [0.2, 0.25) is 5.02 Å². The van der Waals surface area contributed by atoms with Crippen LogP contribution in [-0.4, -0.2) is 9.97 Å². The molecule has 0 aliphatic carbocycles. The highest BCUT2D eigenvalue weighted by molar-refractivity contribution is 9.10. The molecule has 1 heterocycles. The second-order valence-electron chi connectivity index (χ2n) is 3.22. The minimum Gasteiger partial charge on any atom is -0.380 e. The maximum absolute atomic E-state index is 5.86. The second-order valence-corrected chi connectivity index (χ2v) is 4.52. The van der Waals surface area contributed by atoms with Gasteiger partial charge in [-0.25, -0.2) is 9.97 Å². The number of hydrogen-bond donors (Lipinski definition) is 1. The molecule has 2 rings (SSSR count). The number of nitrogens with zero attached hydrogens (tertiary/aromatic N) is 2. The molecule has 0 amide bonds. The van der Waals surface area contributed by atoms with Gasteiger partial charge in [0.2, 0.25) is 0 Å². The van der Waals surface area contributed by atoms with Gasteiger partial charge in [-0.05, 0) is 34.1 Å². The number of aromatic nitrogens is 2. The van der Waals surface area contributed by atoms with E-state index in [0.717, 1.165) is 15.7 Å². The summed E-state index contributed by atoms with van der Waals surface area (Å²) >= 11 is 9.30. The molecule has 1 aromatic carbocycles. The molecule has 16 heavy (non-hydrogen) atoms. The Hall–Kier alpha value is -1.13. The summed E-state index contributed by atoms with van der Waals surface area (Å²) in [5.41, 5.74) is 2.03. The van der Waals surface area contributed by atoms with E-state index in [4.69, 9.17) is 11.6 Å². The molecule has 0 atom stereocenters. The summed E-state index contributed by atoms with van der Waals surface area (Å²) in [4.78, 5) is 7.90. The lowest BCUT2D eigenvalue weighted by molar-refractivity contribution is 1.05. The molecule has 3 nitrogen and oxygen atoms in total. The Morgan fingerprint density at radius 1 is 1.25 bits per heavy atom. The molecular weight excluding hydrogens is 289 g/mol. The van der Waals surface area contributed by atoms with Crippen molar-refractivity contribution in [2.75, 3.05) is 5.32 Å².